The van der Waals surface area contributed by atoms with Crippen LogP contribution in [0, 0.1) is 6.92 Å². The SMILES string of the molecule is COc1cc([C@H](C)N2CCOCC2)ccc1Nc1nc(C)c2cc[nH]c2n1. The maximum Gasteiger partial charge on any atom is 0.229 e. The number of aryl methyl sites for hydroxylation is 1. The maximum atomic E-state index is 5.63. The second-order valence-corrected chi connectivity index (χ2v) is 6.78. The van der Waals surface area contributed by atoms with Crippen LogP contribution in [-0.2, 0) is 4.74 Å². The lowest BCUT2D eigenvalue weighted by molar-refractivity contribution is 0.0198. The van der Waals surface area contributed by atoms with E-state index in [0.717, 1.165) is 54.5 Å². The Morgan fingerprint density at radius 1 is 1.22 bits per heavy atom. The van der Waals surface area contributed by atoms with Crippen molar-refractivity contribution in [2.24, 2.45) is 0 Å². The second-order valence-electron chi connectivity index (χ2n) is 6.78. The Morgan fingerprint density at radius 3 is 2.81 bits per heavy atom. The topological polar surface area (TPSA) is 75.3 Å². The summed E-state index contributed by atoms with van der Waals surface area (Å²) in [6, 6.07) is 8.54. The summed E-state index contributed by atoms with van der Waals surface area (Å²) in [4.78, 5) is 14.7. The highest BCUT2D eigenvalue weighted by atomic mass is 16.5. The molecule has 1 aromatic carbocycles. The molecule has 3 aromatic rings. The van der Waals surface area contributed by atoms with E-state index in [9.17, 15) is 0 Å². The van der Waals surface area contributed by atoms with Crippen LogP contribution in [0.3, 0.4) is 0 Å². The third-order valence-corrected chi connectivity index (χ3v) is 5.15. The summed E-state index contributed by atoms with van der Waals surface area (Å²) in [5, 5.41) is 4.32. The van der Waals surface area contributed by atoms with Crippen molar-refractivity contribution in [3.8, 4) is 5.75 Å². The van der Waals surface area contributed by atoms with Gasteiger partial charge in [0.15, 0.2) is 0 Å². The molecular weight excluding hydrogens is 342 g/mol. The van der Waals surface area contributed by atoms with E-state index in [0.29, 0.717) is 12.0 Å². The Morgan fingerprint density at radius 2 is 2.04 bits per heavy atom. The van der Waals surface area contributed by atoms with E-state index >= 15 is 0 Å². The summed E-state index contributed by atoms with van der Waals surface area (Å²) in [6.07, 6.45) is 1.87. The van der Waals surface area contributed by atoms with Gasteiger partial charge in [0.05, 0.1) is 31.7 Å². The molecule has 1 atom stereocenters. The first kappa shape index (κ1) is 17.8. The van der Waals surface area contributed by atoms with Crippen molar-refractivity contribution in [2.75, 3.05) is 38.7 Å². The predicted octanol–water partition coefficient (Wildman–Crippen LogP) is 3.41. The van der Waals surface area contributed by atoms with E-state index in [1.54, 1.807) is 7.11 Å². The minimum Gasteiger partial charge on any atom is -0.495 e. The number of nitrogens with zero attached hydrogens (tertiary/aromatic N) is 3. The van der Waals surface area contributed by atoms with E-state index in [4.69, 9.17) is 9.47 Å². The summed E-state index contributed by atoms with van der Waals surface area (Å²) in [5.41, 5.74) is 3.82. The highest BCUT2D eigenvalue weighted by Gasteiger charge is 2.20. The number of ether oxygens (including phenoxy) is 2. The van der Waals surface area contributed by atoms with Crippen molar-refractivity contribution in [3.63, 3.8) is 0 Å². The molecule has 1 aliphatic rings. The Bertz CT molecular complexity index is 933. The van der Waals surface area contributed by atoms with Crippen molar-refractivity contribution < 1.29 is 9.47 Å². The van der Waals surface area contributed by atoms with Crippen LogP contribution in [0.2, 0.25) is 0 Å². The molecule has 0 bridgehead atoms. The Labute approximate surface area is 158 Å². The van der Waals surface area contributed by atoms with Gasteiger partial charge in [-0.3, -0.25) is 4.90 Å². The smallest absolute Gasteiger partial charge is 0.229 e. The van der Waals surface area contributed by atoms with Crippen molar-refractivity contribution in [3.05, 3.63) is 41.7 Å². The molecule has 0 aliphatic carbocycles. The van der Waals surface area contributed by atoms with Crippen LogP contribution in [-0.4, -0.2) is 53.3 Å². The van der Waals surface area contributed by atoms with Crippen LogP contribution in [0.4, 0.5) is 11.6 Å². The molecule has 1 saturated heterocycles. The van der Waals surface area contributed by atoms with Crippen molar-refractivity contribution >= 4 is 22.7 Å². The molecule has 0 saturated carbocycles. The van der Waals surface area contributed by atoms with Gasteiger partial charge in [-0.25, -0.2) is 4.98 Å². The fourth-order valence-corrected chi connectivity index (χ4v) is 3.52. The molecule has 7 nitrogen and oxygen atoms in total. The summed E-state index contributed by atoms with van der Waals surface area (Å²) >= 11 is 0. The number of aromatic nitrogens is 3. The third kappa shape index (κ3) is 3.61. The fourth-order valence-electron chi connectivity index (χ4n) is 3.52. The van der Waals surface area contributed by atoms with E-state index in [1.807, 2.05) is 25.3 Å². The van der Waals surface area contributed by atoms with Crippen LogP contribution in [0.15, 0.2) is 30.5 Å². The fraction of sp³-hybridized carbons (Fsp3) is 0.400. The Balaban J connectivity index is 1.58. The molecule has 0 amide bonds. The molecule has 3 heterocycles. The van der Waals surface area contributed by atoms with Gasteiger partial charge in [0.1, 0.15) is 11.4 Å². The number of methoxy groups -OCH3 is 1. The van der Waals surface area contributed by atoms with Crippen molar-refractivity contribution in [2.45, 2.75) is 19.9 Å². The summed E-state index contributed by atoms with van der Waals surface area (Å²) < 4.78 is 11.1. The second kappa shape index (κ2) is 7.54. The molecule has 0 unspecified atom stereocenters. The van der Waals surface area contributed by atoms with Gasteiger partial charge in [0.25, 0.3) is 0 Å². The average molecular weight is 367 g/mol. The summed E-state index contributed by atoms with van der Waals surface area (Å²) in [6.45, 7) is 7.68. The Hall–Kier alpha value is -2.64. The van der Waals surface area contributed by atoms with E-state index in [-0.39, 0.29) is 0 Å². The molecule has 2 N–H and O–H groups in total. The zero-order valence-corrected chi connectivity index (χ0v) is 16.0. The number of benzene rings is 1. The number of morpholine rings is 1. The van der Waals surface area contributed by atoms with Crippen LogP contribution >= 0.6 is 0 Å². The molecular formula is C20H25N5O2. The van der Waals surface area contributed by atoms with Gasteiger partial charge >= 0.3 is 0 Å². The molecule has 1 fully saturated rings. The van der Waals surface area contributed by atoms with Gasteiger partial charge in [0, 0.05) is 30.7 Å². The number of anilines is 2. The highest BCUT2D eigenvalue weighted by Crippen LogP contribution is 2.32. The van der Waals surface area contributed by atoms with Gasteiger partial charge in [-0.05, 0) is 37.6 Å². The molecule has 7 heteroatoms. The lowest BCUT2D eigenvalue weighted by atomic mass is 10.1. The zero-order valence-electron chi connectivity index (χ0n) is 16.0. The van der Waals surface area contributed by atoms with Crippen LogP contribution in [0.1, 0.15) is 24.2 Å². The number of H-pyrrole nitrogens is 1. The molecule has 0 spiro atoms. The minimum absolute atomic E-state index is 0.311. The van der Waals surface area contributed by atoms with Crippen molar-refractivity contribution in [1.82, 2.24) is 19.9 Å². The van der Waals surface area contributed by atoms with E-state index in [1.165, 1.54) is 5.56 Å². The molecule has 142 valence electrons. The molecule has 0 radical (unpaired) electrons. The van der Waals surface area contributed by atoms with Gasteiger partial charge in [-0.1, -0.05) is 6.07 Å². The van der Waals surface area contributed by atoms with Crippen molar-refractivity contribution in [1.29, 1.82) is 0 Å². The molecule has 2 aromatic heterocycles. The monoisotopic (exact) mass is 367 g/mol. The highest BCUT2D eigenvalue weighted by molar-refractivity contribution is 5.79. The summed E-state index contributed by atoms with van der Waals surface area (Å²) in [7, 11) is 1.68. The van der Waals surface area contributed by atoms with E-state index < -0.39 is 0 Å². The lowest BCUT2D eigenvalue weighted by Gasteiger charge is -2.32. The number of aromatic amines is 1. The normalized spacial score (nSPS) is 16.4. The summed E-state index contributed by atoms with van der Waals surface area (Å²) in [5.74, 6) is 1.33. The minimum atomic E-state index is 0.311. The standard InChI is InChI=1S/C20H25N5O2/c1-13-16-6-7-21-19(16)24-20(22-13)23-17-5-4-15(12-18(17)26-3)14(2)25-8-10-27-11-9-25/h4-7,12,14H,8-11H2,1-3H3,(H2,21,22,23,24)/t14-/m0/s1. The average Bonchev–Trinajstić information content (AvgIpc) is 3.17. The molecule has 4 rings (SSSR count). The van der Waals surface area contributed by atoms with Crippen LogP contribution < -0.4 is 10.1 Å². The van der Waals surface area contributed by atoms with Crippen LogP contribution in [0.25, 0.3) is 11.0 Å². The van der Waals surface area contributed by atoms with Gasteiger partial charge in [-0.2, -0.15) is 4.98 Å². The van der Waals surface area contributed by atoms with Gasteiger partial charge in [-0.15, -0.1) is 0 Å². The molecule has 1 aliphatic heterocycles. The zero-order chi connectivity index (χ0) is 18.8. The third-order valence-electron chi connectivity index (χ3n) is 5.15. The first-order valence-electron chi connectivity index (χ1n) is 9.24. The van der Waals surface area contributed by atoms with E-state index in [2.05, 4.69) is 44.2 Å². The number of nitrogens with one attached hydrogen (secondary N) is 2. The van der Waals surface area contributed by atoms with Crippen LogP contribution in [0.5, 0.6) is 5.75 Å². The van der Waals surface area contributed by atoms with Gasteiger partial charge < -0.3 is 19.8 Å². The number of fused-ring (bicyclic) bond motifs is 1. The predicted molar refractivity (Wildman–Crippen MR) is 106 cm³/mol. The number of hydrogen-bond donors (Lipinski definition) is 2. The maximum absolute atomic E-state index is 5.63. The number of hydrogen-bond acceptors (Lipinski definition) is 6. The quantitative estimate of drug-likeness (QED) is 0.720. The largest absolute Gasteiger partial charge is 0.495 e. The Kier molecular flexibility index (Phi) is 4.96. The number of rotatable bonds is 5. The first-order valence-corrected chi connectivity index (χ1v) is 9.24. The van der Waals surface area contributed by atoms with Gasteiger partial charge in [0.2, 0.25) is 5.95 Å². The molecule has 27 heavy (non-hydrogen) atoms. The lowest BCUT2D eigenvalue weighted by Crippen LogP contribution is -2.38. The first-order chi connectivity index (χ1) is 13.2.